The highest BCUT2D eigenvalue weighted by Crippen LogP contribution is 2.25. The van der Waals surface area contributed by atoms with E-state index < -0.39 is 0 Å². The van der Waals surface area contributed by atoms with Gasteiger partial charge in [0.1, 0.15) is 17.8 Å². The standard InChI is InChI=1S/C27H30N6O/c34-25(17-29-24(21-10-5-2-6-11-21)16-20-8-3-1-4-9-20)32-22-12-7-15-33(18-22)27-23-13-14-28-26(23)30-19-31-27/h1-6,8-11,13-14,19,22,24,29H,7,12,15-18H2,(H,32,34)(H,28,30,31)/t22-,24?/m1/s1. The van der Waals surface area contributed by atoms with Gasteiger partial charge in [-0.25, -0.2) is 9.97 Å². The van der Waals surface area contributed by atoms with E-state index in [0.717, 1.165) is 49.2 Å². The number of benzene rings is 2. The smallest absolute Gasteiger partial charge is 0.234 e. The van der Waals surface area contributed by atoms with Crippen LogP contribution in [0, 0.1) is 0 Å². The van der Waals surface area contributed by atoms with Gasteiger partial charge in [-0.15, -0.1) is 0 Å². The Morgan fingerprint density at radius 1 is 1.06 bits per heavy atom. The van der Waals surface area contributed by atoms with Crippen molar-refractivity contribution in [2.24, 2.45) is 0 Å². The molecule has 5 rings (SSSR count). The third kappa shape index (κ3) is 5.26. The van der Waals surface area contributed by atoms with Crippen LogP contribution in [0.4, 0.5) is 5.82 Å². The first kappa shape index (κ1) is 22.1. The van der Waals surface area contributed by atoms with E-state index in [4.69, 9.17) is 0 Å². The second-order valence-electron chi connectivity index (χ2n) is 8.82. The summed E-state index contributed by atoms with van der Waals surface area (Å²) in [6, 6.07) is 22.9. The molecule has 1 saturated heterocycles. The van der Waals surface area contributed by atoms with Gasteiger partial charge in [-0.3, -0.25) is 4.79 Å². The molecule has 2 aromatic heterocycles. The predicted octanol–water partition coefficient (Wildman–Crippen LogP) is 3.62. The van der Waals surface area contributed by atoms with Gasteiger partial charge < -0.3 is 20.5 Å². The lowest BCUT2D eigenvalue weighted by Crippen LogP contribution is -2.50. The summed E-state index contributed by atoms with van der Waals surface area (Å²) < 4.78 is 0. The van der Waals surface area contributed by atoms with E-state index in [1.807, 2.05) is 36.5 Å². The van der Waals surface area contributed by atoms with Gasteiger partial charge in [0.2, 0.25) is 5.91 Å². The largest absolute Gasteiger partial charge is 0.354 e. The fourth-order valence-corrected chi connectivity index (χ4v) is 4.74. The Kier molecular flexibility index (Phi) is 6.81. The molecule has 34 heavy (non-hydrogen) atoms. The number of carbonyl (C=O) groups excluding carboxylic acids is 1. The monoisotopic (exact) mass is 454 g/mol. The molecule has 0 radical (unpaired) electrons. The Balaban J connectivity index is 1.20. The fourth-order valence-electron chi connectivity index (χ4n) is 4.74. The van der Waals surface area contributed by atoms with Gasteiger partial charge >= 0.3 is 0 Å². The number of rotatable bonds is 8. The lowest BCUT2D eigenvalue weighted by Gasteiger charge is -2.34. The average Bonchev–Trinajstić information content (AvgIpc) is 3.37. The van der Waals surface area contributed by atoms with Gasteiger partial charge in [0.15, 0.2) is 0 Å². The first-order chi connectivity index (χ1) is 16.8. The van der Waals surface area contributed by atoms with E-state index in [2.05, 4.69) is 66.9 Å². The van der Waals surface area contributed by atoms with E-state index >= 15 is 0 Å². The molecule has 2 aromatic carbocycles. The van der Waals surface area contributed by atoms with Crippen LogP contribution in [0.1, 0.15) is 30.0 Å². The zero-order valence-electron chi connectivity index (χ0n) is 19.2. The Hall–Kier alpha value is -3.71. The second-order valence-corrected chi connectivity index (χ2v) is 8.82. The minimum atomic E-state index is 0.0234. The molecule has 0 spiro atoms. The third-order valence-electron chi connectivity index (χ3n) is 6.41. The molecule has 0 saturated carbocycles. The van der Waals surface area contributed by atoms with Gasteiger partial charge in [0, 0.05) is 31.4 Å². The zero-order chi connectivity index (χ0) is 23.2. The topological polar surface area (TPSA) is 85.9 Å². The third-order valence-corrected chi connectivity index (χ3v) is 6.41. The molecule has 1 aliphatic heterocycles. The first-order valence-electron chi connectivity index (χ1n) is 11.9. The molecule has 3 heterocycles. The maximum Gasteiger partial charge on any atom is 0.234 e. The number of carbonyl (C=O) groups is 1. The summed E-state index contributed by atoms with van der Waals surface area (Å²) in [5.74, 6) is 0.950. The molecule has 1 fully saturated rings. The first-order valence-corrected chi connectivity index (χ1v) is 11.9. The number of hydrogen-bond donors (Lipinski definition) is 3. The number of piperidine rings is 1. The Bertz CT molecular complexity index is 1210. The predicted molar refractivity (Wildman–Crippen MR) is 135 cm³/mol. The second kappa shape index (κ2) is 10.5. The average molecular weight is 455 g/mol. The van der Waals surface area contributed by atoms with E-state index in [0.29, 0.717) is 0 Å². The summed E-state index contributed by atoms with van der Waals surface area (Å²) in [7, 11) is 0. The highest BCUT2D eigenvalue weighted by molar-refractivity contribution is 5.87. The van der Waals surface area contributed by atoms with Crippen LogP contribution in [-0.4, -0.2) is 46.5 Å². The highest BCUT2D eigenvalue weighted by atomic mass is 16.2. The van der Waals surface area contributed by atoms with Gasteiger partial charge in [0.25, 0.3) is 0 Å². The van der Waals surface area contributed by atoms with Crippen molar-refractivity contribution in [3.63, 3.8) is 0 Å². The molecule has 2 atom stereocenters. The molecule has 1 amide bonds. The maximum absolute atomic E-state index is 12.9. The van der Waals surface area contributed by atoms with E-state index in [-0.39, 0.29) is 24.5 Å². The highest BCUT2D eigenvalue weighted by Gasteiger charge is 2.24. The number of nitrogens with zero attached hydrogens (tertiary/aromatic N) is 3. The van der Waals surface area contributed by atoms with Crippen LogP contribution in [0.5, 0.6) is 0 Å². The summed E-state index contributed by atoms with van der Waals surface area (Å²) >= 11 is 0. The Labute approximate surface area is 199 Å². The van der Waals surface area contributed by atoms with Crippen LogP contribution >= 0.6 is 0 Å². The lowest BCUT2D eigenvalue weighted by atomic mass is 9.99. The number of aromatic amines is 1. The van der Waals surface area contributed by atoms with Crippen LogP contribution in [-0.2, 0) is 11.2 Å². The van der Waals surface area contributed by atoms with Gasteiger partial charge in [0.05, 0.1) is 11.9 Å². The van der Waals surface area contributed by atoms with E-state index in [1.54, 1.807) is 6.33 Å². The van der Waals surface area contributed by atoms with Crippen LogP contribution in [0.2, 0.25) is 0 Å². The lowest BCUT2D eigenvalue weighted by molar-refractivity contribution is -0.121. The van der Waals surface area contributed by atoms with Crippen molar-refractivity contribution in [3.8, 4) is 0 Å². The van der Waals surface area contributed by atoms with Crippen molar-refractivity contribution in [1.82, 2.24) is 25.6 Å². The molecule has 7 nitrogen and oxygen atoms in total. The Morgan fingerprint density at radius 2 is 1.85 bits per heavy atom. The minimum Gasteiger partial charge on any atom is -0.354 e. The summed E-state index contributed by atoms with van der Waals surface area (Å²) in [5, 5.41) is 7.74. The van der Waals surface area contributed by atoms with Crippen molar-refractivity contribution >= 4 is 22.8 Å². The number of nitrogens with one attached hydrogen (secondary N) is 3. The molecule has 7 heteroatoms. The molecule has 1 unspecified atom stereocenters. The van der Waals surface area contributed by atoms with Gasteiger partial charge in [-0.1, -0.05) is 60.7 Å². The number of amides is 1. The molecule has 0 aliphatic carbocycles. The van der Waals surface area contributed by atoms with E-state index in [9.17, 15) is 4.79 Å². The summed E-state index contributed by atoms with van der Waals surface area (Å²) in [5.41, 5.74) is 3.26. The SMILES string of the molecule is O=C(CNC(Cc1ccccc1)c1ccccc1)N[C@@H]1CCCN(c2ncnc3[nH]ccc23)C1. The molecular formula is C27H30N6O. The molecule has 0 bridgehead atoms. The van der Waals surface area contributed by atoms with Crippen LogP contribution in [0.15, 0.2) is 79.3 Å². The number of H-pyrrole nitrogens is 1. The summed E-state index contributed by atoms with van der Waals surface area (Å²) in [6.07, 6.45) is 6.29. The number of aromatic nitrogens is 3. The number of anilines is 1. The summed E-state index contributed by atoms with van der Waals surface area (Å²) in [4.78, 5) is 27.1. The van der Waals surface area contributed by atoms with Crippen LogP contribution in [0.25, 0.3) is 11.0 Å². The van der Waals surface area contributed by atoms with Crippen LogP contribution in [0.3, 0.4) is 0 Å². The quantitative estimate of drug-likeness (QED) is 0.379. The van der Waals surface area contributed by atoms with Gasteiger partial charge in [-0.2, -0.15) is 0 Å². The van der Waals surface area contributed by atoms with Crippen molar-refractivity contribution in [2.45, 2.75) is 31.3 Å². The van der Waals surface area contributed by atoms with Crippen LogP contribution < -0.4 is 15.5 Å². The molecule has 174 valence electrons. The Morgan fingerprint density at radius 3 is 2.68 bits per heavy atom. The fraction of sp³-hybridized carbons (Fsp3) is 0.296. The number of hydrogen-bond acceptors (Lipinski definition) is 5. The van der Waals surface area contributed by atoms with Crippen molar-refractivity contribution in [3.05, 3.63) is 90.4 Å². The molecule has 3 N–H and O–H groups in total. The normalized spacial score (nSPS) is 16.9. The minimum absolute atomic E-state index is 0.0234. The molecule has 1 aliphatic rings. The van der Waals surface area contributed by atoms with Crippen molar-refractivity contribution in [1.29, 1.82) is 0 Å². The summed E-state index contributed by atoms with van der Waals surface area (Å²) in [6.45, 7) is 1.95. The molecular weight excluding hydrogens is 424 g/mol. The maximum atomic E-state index is 12.9. The number of fused-ring (bicyclic) bond motifs is 1. The van der Waals surface area contributed by atoms with Gasteiger partial charge in [-0.05, 0) is 36.5 Å². The van der Waals surface area contributed by atoms with Crippen molar-refractivity contribution in [2.75, 3.05) is 24.5 Å². The zero-order valence-corrected chi connectivity index (χ0v) is 19.2. The van der Waals surface area contributed by atoms with E-state index in [1.165, 1.54) is 11.1 Å². The van der Waals surface area contributed by atoms with Crippen molar-refractivity contribution < 1.29 is 4.79 Å². The molecule has 4 aromatic rings.